The van der Waals surface area contributed by atoms with Gasteiger partial charge < -0.3 is 5.73 Å². The number of rotatable bonds is 2. The SMILES string of the molecule is CC(=O)c1c(I)ccc(N)c1[N+](=O)[O-]. The van der Waals surface area contributed by atoms with E-state index in [1.54, 1.807) is 6.07 Å². The number of nitro benzene ring substituents is 1. The lowest BCUT2D eigenvalue weighted by molar-refractivity contribution is -0.384. The summed E-state index contributed by atoms with van der Waals surface area (Å²) in [5.74, 6) is -0.353. The summed E-state index contributed by atoms with van der Waals surface area (Å²) in [6, 6.07) is 3.01. The largest absolute Gasteiger partial charge is 0.393 e. The lowest BCUT2D eigenvalue weighted by Gasteiger charge is -2.03. The summed E-state index contributed by atoms with van der Waals surface area (Å²) < 4.78 is 0.538. The van der Waals surface area contributed by atoms with Gasteiger partial charge in [0.15, 0.2) is 5.78 Å². The average Bonchev–Trinajstić information content (AvgIpc) is 2.07. The zero-order chi connectivity index (χ0) is 10.9. The number of carbonyl (C=O) groups is 1. The fraction of sp³-hybridized carbons (Fsp3) is 0.125. The molecule has 0 bridgehead atoms. The Bertz CT molecular complexity index is 378. The third-order valence-electron chi connectivity index (χ3n) is 1.69. The van der Waals surface area contributed by atoms with Gasteiger partial charge in [-0.25, -0.2) is 0 Å². The van der Waals surface area contributed by atoms with E-state index in [1.807, 2.05) is 22.6 Å². The zero-order valence-corrected chi connectivity index (χ0v) is 9.44. The van der Waals surface area contributed by atoms with Crippen molar-refractivity contribution in [2.24, 2.45) is 0 Å². The first-order valence-corrected chi connectivity index (χ1v) is 4.76. The summed E-state index contributed by atoms with van der Waals surface area (Å²) in [5.41, 5.74) is 5.22. The molecule has 0 heterocycles. The molecule has 1 rings (SSSR count). The molecular weight excluding hydrogens is 299 g/mol. The molecule has 5 nitrogen and oxygen atoms in total. The summed E-state index contributed by atoms with van der Waals surface area (Å²) >= 11 is 1.87. The molecule has 0 amide bonds. The van der Waals surface area contributed by atoms with E-state index in [-0.39, 0.29) is 22.7 Å². The van der Waals surface area contributed by atoms with Crippen LogP contribution in [0.5, 0.6) is 0 Å². The highest BCUT2D eigenvalue weighted by Gasteiger charge is 2.23. The first-order chi connectivity index (χ1) is 6.45. The van der Waals surface area contributed by atoms with Crippen LogP contribution in [0.1, 0.15) is 17.3 Å². The summed E-state index contributed by atoms with van der Waals surface area (Å²) in [6.07, 6.45) is 0. The Labute approximate surface area is 93.6 Å². The highest BCUT2D eigenvalue weighted by molar-refractivity contribution is 14.1. The maximum absolute atomic E-state index is 11.2. The molecule has 14 heavy (non-hydrogen) atoms. The molecule has 0 aliphatic carbocycles. The van der Waals surface area contributed by atoms with Crippen LogP contribution in [0.2, 0.25) is 0 Å². The maximum Gasteiger partial charge on any atom is 0.303 e. The van der Waals surface area contributed by atoms with Crippen molar-refractivity contribution in [3.05, 3.63) is 31.4 Å². The van der Waals surface area contributed by atoms with E-state index in [0.29, 0.717) is 3.57 Å². The molecule has 0 aromatic heterocycles. The second-order valence-corrected chi connectivity index (χ2v) is 3.84. The van der Waals surface area contributed by atoms with Crippen LogP contribution in [0.15, 0.2) is 12.1 Å². The van der Waals surface area contributed by atoms with Crippen LogP contribution in [0.4, 0.5) is 11.4 Å². The van der Waals surface area contributed by atoms with Crippen LogP contribution in [0, 0.1) is 13.7 Å². The molecule has 74 valence electrons. The third kappa shape index (κ3) is 1.84. The van der Waals surface area contributed by atoms with Crippen molar-refractivity contribution in [1.82, 2.24) is 0 Å². The van der Waals surface area contributed by atoms with Gasteiger partial charge in [-0.05, 0) is 41.6 Å². The fourth-order valence-electron chi connectivity index (χ4n) is 1.11. The highest BCUT2D eigenvalue weighted by atomic mass is 127. The van der Waals surface area contributed by atoms with Crippen molar-refractivity contribution in [1.29, 1.82) is 0 Å². The molecular formula is C8H7IN2O3. The van der Waals surface area contributed by atoms with Gasteiger partial charge in [0, 0.05) is 3.57 Å². The van der Waals surface area contributed by atoms with Crippen LogP contribution < -0.4 is 5.73 Å². The predicted octanol–water partition coefficient (Wildman–Crippen LogP) is 1.98. The Morgan fingerprint density at radius 3 is 2.50 bits per heavy atom. The summed E-state index contributed by atoms with van der Waals surface area (Å²) in [6.45, 7) is 1.28. The Morgan fingerprint density at radius 1 is 1.57 bits per heavy atom. The van der Waals surface area contributed by atoms with Gasteiger partial charge in [-0.1, -0.05) is 0 Å². The lowest BCUT2D eigenvalue weighted by Crippen LogP contribution is -2.06. The Hall–Kier alpha value is -1.18. The lowest BCUT2D eigenvalue weighted by atomic mass is 10.1. The van der Waals surface area contributed by atoms with E-state index in [2.05, 4.69) is 0 Å². The molecule has 1 aromatic rings. The molecule has 0 unspecified atom stereocenters. The van der Waals surface area contributed by atoms with E-state index in [9.17, 15) is 14.9 Å². The predicted molar refractivity (Wildman–Crippen MR) is 60.2 cm³/mol. The average molecular weight is 306 g/mol. The first kappa shape index (κ1) is 10.9. The van der Waals surface area contributed by atoms with Gasteiger partial charge in [-0.2, -0.15) is 0 Å². The monoisotopic (exact) mass is 306 g/mol. The van der Waals surface area contributed by atoms with Crippen molar-refractivity contribution in [3.8, 4) is 0 Å². The molecule has 0 radical (unpaired) electrons. The van der Waals surface area contributed by atoms with Gasteiger partial charge in [-0.15, -0.1) is 0 Å². The van der Waals surface area contributed by atoms with Crippen LogP contribution in [0.25, 0.3) is 0 Å². The molecule has 0 saturated heterocycles. The summed E-state index contributed by atoms with van der Waals surface area (Å²) in [4.78, 5) is 21.2. The van der Waals surface area contributed by atoms with Crippen molar-refractivity contribution < 1.29 is 9.72 Å². The van der Waals surface area contributed by atoms with Crippen LogP contribution in [-0.4, -0.2) is 10.7 Å². The number of hydrogen-bond donors (Lipinski definition) is 1. The van der Waals surface area contributed by atoms with Gasteiger partial charge in [0.2, 0.25) is 0 Å². The highest BCUT2D eigenvalue weighted by Crippen LogP contribution is 2.30. The van der Waals surface area contributed by atoms with Crippen LogP contribution >= 0.6 is 22.6 Å². The number of nitrogens with zero attached hydrogens (tertiary/aromatic N) is 1. The van der Waals surface area contributed by atoms with Crippen molar-refractivity contribution >= 4 is 39.7 Å². The molecule has 0 aliphatic heterocycles. The summed E-state index contributed by atoms with van der Waals surface area (Å²) in [5, 5.41) is 10.7. The van der Waals surface area contributed by atoms with E-state index in [4.69, 9.17) is 5.73 Å². The van der Waals surface area contributed by atoms with Gasteiger partial charge in [0.25, 0.3) is 0 Å². The maximum atomic E-state index is 11.2. The molecule has 0 fully saturated rings. The Morgan fingerprint density at radius 2 is 2.14 bits per heavy atom. The van der Waals surface area contributed by atoms with E-state index >= 15 is 0 Å². The number of ketones is 1. The number of anilines is 1. The molecule has 0 atom stereocenters. The van der Waals surface area contributed by atoms with Crippen molar-refractivity contribution in [2.75, 3.05) is 5.73 Å². The van der Waals surface area contributed by atoms with Crippen LogP contribution in [0.3, 0.4) is 0 Å². The number of halogens is 1. The Balaban J connectivity index is 3.58. The topological polar surface area (TPSA) is 86.2 Å². The molecule has 2 N–H and O–H groups in total. The number of carbonyl (C=O) groups excluding carboxylic acids is 1. The number of hydrogen-bond acceptors (Lipinski definition) is 4. The van der Waals surface area contributed by atoms with E-state index in [1.165, 1.54) is 13.0 Å². The summed E-state index contributed by atoms with van der Waals surface area (Å²) in [7, 11) is 0. The molecule has 6 heteroatoms. The van der Waals surface area contributed by atoms with Gasteiger partial charge in [0.05, 0.1) is 4.92 Å². The fourth-order valence-corrected chi connectivity index (χ4v) is 1.93. The van der Waals surface area contributed by atoms with E-state index < -0.39 is 4.92 Å². The number of benzene rings is 1. The van der Waals surface area contributed by atoms with Gasteiger partial charge in [-0.3, -0.25) is 14.9 Å². The molecule has 1 aromatic carbocycles. The normalized spacial score (nSPS) is 9.86. The number of nitro groups is 1. The second-order valence-electron chi connectivity index (χ2n) is 2.67. The standard InChI is InChI=1S/C8H7IN2O3/c1-4(12)7-5(9)2-3-6(10)8(7)11(13)14/h2-3H,10H2,1H3. The van der Waals surface area contributed by atoms with E-state index in [0.717, 1.165) is 0 Å². The smallest absolute Gasteiger partial charge is 0.303 e. The molecule has 0 saturated carbocycles. The molecule has 0 spiro atoms. The second kappa shape index (κ2) is 3.91. The van der Waals surface area contributed by atoms with Crippen LogP contribution in [-0.2, 0) is 0 Å². The van der Waals surface area contributed by atoms with Gasteiger partial charge in [0.1, 0.15) is 11.3 Å². The number of nitrogens with two attached hydrogens (primary N) is 1. The Kier molecular flexibility index (Phi) is 3.04. The number of Topliss-reactive ketones (excluding diaryl/α,β-unsaturated/α-hetero) is 1. The molecule has 0 aliphatic rings. The zero-order valence-electron chi connectivity index (χ0n) is 7.28. The third-order valence-corrected chi connectivity index (χ3v) is 2.59. The first-order valence-electron chi connectivity index (χ1n) is 3.68. The quantitative estimate of drug-likeness (QED) is 0.298. The number of nitrogen functional groups attached to an aromatic ring is 1. The van der Waals surface area contributed by atoms with Gasteiger partial charge >= 0.3 is 5.69 Å². The minimum atomic E-state index is -0.631. The van der Waals surface area contributed by atoms with Crippen molar-refractivity contribution in [2.45, 2.75) is 6.92 Å². The van der Waals surface area contributed by atoms with Crippen molar-refractivity contribution in [3.63, 3.8) is 0 Å². The minimum Gasteiger partial charge on any atom is -0.393 e. The minimum absolute atomic E-state index is 0.0145.